The molecule has 3 aromatic rings. The van der Waals surface area contributed by atoms with E-state index in [0.717, 1.165) is 4.57 Å². The highest BCUT2D eigenvalue weighted by atomic mass is 32.1. The zero-order chi connectivity index (χ0) is 16.2. The van der Waals surface area contributed by atoms with Crippen LogP contribution < -0.4 is 16.6 Å². The number of fused-ring (bicyclic) bond motifs is 1. The van der Waals surface area contributed by atoms with Gasteiger partial charge in [-0.25, -0.2) is 9.78 Å². The normalized spacial score (nSPS) is 10.8. The Balaban J connectivity index is 1.69. The lowest BCUT2D eigenvalue weighted by molar-refractivity contribution is -0.116. The molecule has 0 aliphatic heterocycles. The van der Waals surface area contributed by atoms with E-state index in [9.17, 15) is 14.4 Å². The number of para-hydroxylation sites is 1. The van der Waals surface area contributed by atoms with Crippen molar-refractivity contribution in [2.75, 3.05) is 5.32 Å². The molecule has 2 heterocycles. The molecule has 3 rings (SSSR count). The van der Waals surface area contributed by atoms with Gasteiger partial charge in [-0.1, -0.05) is 12.1 Å². The molecule has 0 saturated heterocycles. The molecule has 0 bridgehead atoms. The molecule has 118 valence electrons. The molecule has 0 unspecified atom stereocenters. The Bertz CT molecular complexity index is 943. The summed E-state index contributed by atoms with van der Waals surface area (Å²) < 4.78 is 1.12. The van der Waals surface area contributed by atoms with Crippen LogP contribution in [0.15, 0.2) is 45.4 Å². The molecule has 7 nitrogen and oxygen atoms in total. The smallest absolute Gasteiger partial charge is 0.307 e. The summed E-state index contributed by atoms with van der Waals surface area (Å²) in [6, 6.07) is 6.85. The molecule has 23 heavy (non-hydrogen) atoms. The minimum absolute atomic E-state index is 0.185. The fraction of sp³-hybridized carbons (Fsp3) is 0.200. The molecule has 0 fully saturated rings. The van der Waals surface area contributed by atoms with E-state index in [2.05, 4.69) is 15.3 Å². The summed E-state index contributed by atoms with van der Waals surface area (Å²) in [7, 11) is 0. The molecule has 0 radical (unpaired) electrons. The predicted octanol–water partition coefficient (Wildman–Crippen LogP) is 1.57. The highest BCUT2D eigenvalue weighted by molar-refractivity contribution is 7.13. The van der Waals surface area contributed by atoms with Gasteiger partial charge in [0.1, 0.15) is 0 Å². The van der Waals surface area contributed by atoms with Gasteiger partial charge in [-0.3, -0.25) is 14.2 Å². The summed E-state index contributed by atoms with van der Waals surface area (Å²) >= 11 is 1.33. The van der Waals surface area contributed by atoms with Gasteiger partial charge < -0.3 is 10.3 Å². The molecule has 0 atom stereocenters. The van der Waals surface area contributed by atoms with Gasteiger partial charge in [0.15, 0.2) is 5.13 Å². The fourth-order valence-corrected chi connectivity index (χ4v) is 2.81. The quantitative estimate of drug-likeness (QED) is 0.742. The number of H-pyrrole nitrogens is 1. The zero-order valence-corrected chi connectivity index (χ0v) is 12.9. The number of thiazole rings is 1. The van der Waals surface area contributed by atoms with Gasteiger partial charge in [0.05, 0.1) is 10.9 Å². The molecule has 0 saturated carbocycles. The van der Waals surface area contributed by atoms with Crippen LogP contribution >= 0.6 is 11.3 Å². The first kappa shape index (κ1) is 15.2. The monoisotopic (exact) mass is 330 g/mol. The van der Waals surface area contributed by atoms with Crippen LogP contribution in [0.1, 0.15) is 12.8 Å². The Morgan fingerprint density at radius 2 is 2.13 bits per heavy atom. The number of amides is 1. The van der Waals surface area contributed by atoms with Crippen LogP contribution in [0.2, 0.25) is 0 Å². The van der Waals surface area contributed by atoms with Gasteiger partial charge >= 0.3 is 5.69 Å². The lowest BCUT2D eigenvalue weighted by Gasteiger charge is -2.06. The maximum atomic E-state index is 12.3. The number of aromatic nitrogens is 3. The van der Waals surface area contributed by atoms with Gasteiger partial charge in [0, 0.05) is 24.5 Å². The average molecular weight is 330 g/mol. The van der Waals surface area contributed by atoms with Crippen LogP contribution in [0, 0.1) is 0 Å². The number of benzene rings is 1. The molecule has 1 amide bonds. The number of anilines is 1. The molecule has 2 aromatic heterocycles. The summed E-state index contributed by atoms with van der Waals surface area (Å²) in [5, 5.41) is 5.43. The number of hydrogen-bond acceptors (Lipinski definition) is 5. The number of nitrogens with one attached hydrogen (secondary N) is 2. The number of hydrogen-bond donors (Lipinski definition) is 2. The molecule has 8 heteroatoms. The summed E-state index contributed by atoms with van der Waals surface area (Å²) in [6.07, 6.45) is 2.20. The van der Waals surface area contributed by atoms with E-state index in [-0.39, 0.29) is 24.4 Å². The number of carbonyl (C=O) groups is 1. The Morgan fingerprint density at radius 1 is 1.30 bits per heavy atom. The van der Waals surface area contributed by atoms with Gasteiger partial charge in [0.2, 0.25) is 5.91 Å². The number of rotatable bonds is 5. The minimum Gasteiger partial charge on any atom is -0.307 e. The van der Waals surface area contributed by atoms with E-state index >= 15 is 0 Å². The van der Waals surface area contributed by atoms with Crippen molar-refractivity contribution >= 4 is 33.3 Å². The minimum atomic E-state index is -0.464. The Morgan fingerprint density at radius 3 is 2.91 bits per heavy atom. The summed E-state index contributed by atoms with van der Waals surface area (Å²) in [5.41, 5.74) is -0.293. The highest BCUT2D eigenvalue weighted by Gasteiger charge is 2.08. The third-order valence-corrected chi connectivity index (χ3v) is 4.04. The van der Waals surface area contributed by atoms with Gasteiger partial charge in [-0.15, -0.1) is 11.3 Å². The molecular formula is C15H14N4O3S. The van der Waals surface area contributed by atoms with Crippen molar-refractivity contribution in [3.63, 3.8) is 0 Å². The van der Waals surface area contributed by atoms with Crippen molar-refractivity contribution in [2.45, 2.75) is 19.4 Å². The van der Waals surface area contributed by atoms with E-state index in [0.29, 0.717) is 22.5 Å². The Kier molecular flexibility index (Phi) is 4.33. The maximum absolute atomic E-state index is 12.3. The molecule has 0 aliphatic rings. The van der Waals surface area contributed by atoms with Crippen LogP contribution in [0.5, 0.6) is 0 Å². The zero-order valence-electron chi connectivity index (χ0n) is 12.1. The van der Waals surface area contributed by atoms with Crippen molar-refractivity contribution in [3.8, 4) is 0 Å². The second-order valence-corrected chi connectivity index (χ2v) is 5.82. The van der Waals surface area contributed by atoms with Gasteiger partial charge in [-0.2, -0.15) is 0 Å². The first-order valence-corrected chi connectivity index (χ1v) is 7.94. The van der Waals surface area contributed by atoms with Crippen molar-refractivity contribution in [1.29, 1.82) is 0 Å². The standard InChI is InChI=1S/C15H14N4O3S/c20-12(18-14-16-7-9-23-14)6-3-8-19-13(21)10-4-1-2-5-11(10)17-15(19)22/h1-2,4-5,7,9H,3,6,8H2,(H,17,22)(H,16,18,20). The summed E-state index contributed by atoms with van der Waals surface area (Å²) in [5.74, 6) is -0.190. The summed E-state index contributed by atoms with van der Waals surface area (Å²) in [4.78, 5) is 42.7. The van der Waals surface area contributed by atoms with Gasteiger partial charge in [0.25, 0.3) is 5.56 Å². The Hall–Kier alpha value is -2.74. The maximum Gasteiger partial charge on any atom is 0.328 e. The second kappa shape index (κ2) is 6.57. The van der Waals surface area contributed by atoms with E-state index in [4.69, 9.17) is 0 Å². The third-order valence-electron chi connectivity index (χ3n) is 3.35. The lowest BCUT2D eigenvalue weighted by Crippen LogP contribution is -2.35. The number of nitrogens with zero attached hydrogens (tertiary/aromatic N) is 2. The predicted molar refractivity (Wildman–Crippen MR) is 88.8 cm³/mol. The fourth-order valence-electron chi connectivity index (χ4n) is 2.27. The van der Waals surface area contributed by atoms with Crippen LogP contribution in [0.25, 0.3) is 10.9 Å². The number of carbonyl (C=O) groups excluding carboxylic acids is 1. The average Bonchev–Trinajstić information content (AvgIpc) is 3.03. The number of aromatic amines is 1. The summed E-state index contributed by atoms with van der Waals surface area (Å²) in [6.45, 7) is 0.185. The van der Waals surface area contributed by atoms with Crippen molar-refractivity contribution in [1.82, 2.24) is 14.5 Å². The lowest BCUT2D eigenvalue weighted by atomic mass is 10.2. The van der Waals surface area contributed by atoms with Crippen molar-refractivity contribution in [2.24, 2.45) is 0 Å². The van der Waals surface area contributed by atoms with Gasteiger partial charge in [-0.05, 0) is 18.6 Å². The van der Waals surface area contributed by atoms with Crippen LogP contribution in [-0.4, -0.2) is 20.4 Å². The highest BCUT2D eigenvalue weighted by Crippen LogP contribution is 2.10. The van der Waals surface area contributed by atoms with Crippen molar-refractivity contribution < 1.29 is 4.79 Å². The largest absolute Gasteiger partial charge is 0.328 e. The molecule has 1 aromatic carbocycles. The van der Waals surface area contributed by atoms with Crippen LogP contribution in [0.4, 0.5) is 5.13 Å². The first-order valence-electron chi connectivity index (χ1n) is 7.06. The van der Waals surface area contributed by atoms with E-state index in [1.165, 1.54) is 11.3 Å². The first-order chi connectivity index (χ1) is 11.1. The molecular weight excluding hydrogens is 316 g/mol. The molecule has 2 N–H and O–H groups in total. The van der Waals surface area contributed by atoms with Crippen LogP contribution in [0.3, 0.4) is 0 Å². The topological polar surface area (TPSA) is 96.9 Å². The Labute approximate surface area is 134 Å². The van der Waals surface area contributed by atoms with E-state index in [1.807, 2.05) is 0 Å². The second-order valence-electron chi connectivity index (χ2n) is 4.92. The molecule has 0 aliphatic carbocycles. The van der Waals surface area contributed by atoms with E-state index in [1.54, 1.807) is 35.8 Å². The SMILES string of the molecule is O=C(CCCn1c(=O)[nH]c2ccccc2c1=O)Nc1nccs1. The van der Waals surface area contributed by atoms with E-state index < -0.39 is 5.69 Å². The third kappa shape index (κ3) is 3.37. The molecule has 0 spiro atoms. The van der Waals surface area contributed by atoms with Crippen LogP contribution in [-0.2, 0) is 11.3 Å². The van der Waals surface area contributed by atoms with Crippen molar-refractivity contribution in [3.05, 3.63) is 56.7 Å².